The third kappa shape index (κ3) is 5.00. The molecule has 1 unspecified atom stereocenters. The highest BCUT2D eigenvalue weighted by molar-refractivity contribution is 6.31. The topological polar surface area (TPSA) is 28.7 Å². The minimum atomic E-state index is -0.834. The molecule has 0 bridgehead atoms. The fourth-order valence-corrected chi connectivity index (χ4v) is 4.03. The Morgan fingerprint density at radius 1 is 1.06 bits per heavy atom. The molecule has 0 spiro atoms. The molecule has 1 N–H and O–H groups in total. The van der Waals surface area contributed by atoms with Crippen LogP contribution in [0.1, 0.15) is 29.8 Å². The van der Waals surface area contributed by atoms with Gasteiger partial charge in [0.15, 0.2) is 5.82 Å². The molecular formula is C28H22ClF3N2. The Hall–Kier alpha value is -3.57. The summed E-state index contributed by atoms with van der Waals surface area (Å²) in [6, 6.07) is 16.6. The van der Waals surface area contributed by atoms with Gasteiger partial charge in [-0.05, 0) is 54.8 Å². The molecule has 0 fully saturated rings. The van der Waals surface area contributed by atoms with Gasteiger partial charge in [0, 0.05) is 5.92 Å². The summed E-state index contributed by atoms with van der Waals surface area (Å²) in [5.41, 5.74) is 3.28. The van der Waals surface area contributed by atoms with E-state index in [1.807, 2.05) is 37.3 Å². The Morgan fingerprint density at radius 2 is 1.82 bits per heavy atom. The lowest BCUT2D eigenvalue weighted by Gasteiger charge is -2.16. The third-order valence-electron chi connectivity index (χ3n) is 5.70. The van der Waals surface area contributed by atoms with Crippen molar-refractivity contribution in [3.8, 4) is 0 Å². The van der Waals surface area contributed by atoms with E-state index in [0.717, 1.165) is 17.2 Å². The van der Waals surface area contributed by atoms with Crippen molar-refractivity contribution >= 4 is 28.2 Å². The average molecular weight is 479 g/mol. The number of halogens is 4. The summed E-state index contributed by atoms with van der Waals surface area (Å²) in [5.74, 6) is -1.42. The van der Waals surface area contributed by atoms with Gasteiger partial charge in [-0.2, -0.15) is 0 Å². The summed E-state index contributed by atoms with van der Waals surface area (Å²) in [6.45, 7) is 5.63. The van der Waals surface area contributed by atoms with Gasteiger partial charge in [0.25, 0.3) is 0 Å². The fraction of sp³-hybridized carbons (Fsp3) is 0.107. The zero-order valence-electron chi connectivity index (χ0n) is 18.5. The molecular weight excluding hydrogens is 457 g/mol. The van der Waals surface area contributed by atoms with E-state index in [4.69, 9.17) is 11.6 Å². The molecule has 6 heteroatoms. The quantitative estimate of drug-likeness (QED) is 0.210. The van der Waals surface area contributed by atoms with E-state index in [2.05, 4.69) is 16.5 Å². The van der Waals surface area contributed by atoms with Gasteiger partial charge in [0.05, 0.1) is 21.6 Å². The molecule has 0 aliphatic carbocycles. The van der Waals surface area contributed by atoms with Gasteiger partial charge in [-0.1, -0.05) is 72.3 Å². The number of H-pyrrole nitrogens is 1. The zero-order valence-corrected chi connectivity index (χ0v) is 19.2. The average Bonchev–Trinajstić information content (AvgIpc) is 3.25. The van der Waals surface area contributed by atoms with Crippen LogP contribution in [0, 0.1) is 17.5 Å². The summed E-state index contributed by atoms with van der Waals surface area (Å²) in [7, 11) is 0. The molecule has 1 aromatic heterocycles. The number of nitrogens with one attached hydrogen (secondary N) is 1. The smallest absolute Gasteiger partial charge is 0.152 e. The van der Waals surface area contributed by atoms with Gasteiger partial charge < -0.3 is 4.98 Å². The van der Waals surface area contributed by atoms with E-state index < -0.39 is 11.6 Å². The summed E-state index contributed by atoms with van der Waals surface area (Å²) < 4.78 is 42.7. The molecule has 4 rings (SSSR count). The molecule has 172 valence electrons. The third-order valence-corrected chi connectivity index (χ3v) is 5.99. The number of hydrogen-bond acceptors (Lipinski definition) is 1. The van der Waals surface area contributed by atoms with E-state index >= 15 is 0 Å². The van der Waals surface area contributed by atoms with Crippen LogP contribution in [0.4, 0.5) is 13.2 Å². The highest BCUT2D eigenvalue weighted by Gasteiger charge is 2.19. The van der Waals surface area contributed by atoms with E-state index in [1.165, 1.54) is 24.3 Å². The molecule has 1 atom stereocenters. The predicted molar refractivity (Wildman–Crippen MR) is 132 cm³/mol. The number of rotatable bonds is 7. The maximum atomic E-state index is 14.6. The highest BCUT2D eigenvalue weighted by Crippen LogP contribution is 2.31. The van der Waals surface area contributed by atoms with E-state index in [-0.39, 0.29) is 27.9 Å². The number of allylic oxidation sites excluding steroid dienone is 5. The summed E-state index contributed by atoms with van der Waals surface area (Å²) >= 11 is 5.86. The molecule has 2 nitrogen and oxygen atoms in total. The first-order valence-electron chi connectivity index (χ1n) is 10.7. The van der Waals surface area contributed by atoms with Gasteiger partial charge in [0.1, 0.15) is 17.5 Å². The number of nitrogens with zero attached hydrogens (tertiary/aromatic N) is 1. The SMILES string of the molecule is C=C/C(=C\C=C(/C)C(Cc1ccccc1)c1nc2ccc(F)cc2[nH]1)c1c(F)ccc(Cl)c1F. The van der Waals surface area contributed by atoms with Crippen LogP contribution in [-0.4, -0.2) is 9.97 Å². The van der Waals surface area contributed by atoms with Crippen molar-refractivity contribution in [3.63, 3.8) is 0 Å². The van der Waals surface area contributed by atoms with Crippen LogP contribution >= 0.6 is 11.6 Å². The van der Waals surface area contributed by atoms with E-state index in [9.17, 15) is 13.2 Å². The van der Waals surface area contributed by atoms with Gasteiger partial charge in [-0.3, -0.25) is 0 Å². The first-order valence-corrected chi connectivity index (χ1v) is 11.1. The lowest BCUT2D eigenvalue weighted by atomic mass is 9.91. The number of imidazole rings is 1. The second kappa shape index (κ2) is 10.1. The number of benzene rings is 3. The van der Waals surface area contributed by atoms with Crippen molar-refractivity contribution in [1.82, 2.24) is 9.97 Å². The molecule has 0 radical (unpaired) electrons. The molecule has 0 amide bonds. The highest BCUT2D eigenvalue weighted by atomic mass is 35.5. The Balaban J connectivity index is 1.77. The number of hydrogen-bond donors (Lipinski definition) is 1. The predicted octanol–water partition coefficient (Wildman–Crippen LogP) is 8.18. The molecule has 34 heavy (non-hydrogen) atoms. The first kappa shape index (κ1) is 23.6. The fourth-order valence-electron chi connectivity index (χ4n) is 3.87. The Morgan fingerprint density at radius 3 is 2.56 bits per heavy atom. The second-order valence-electron chi connectivity index (χ2n) is 7.98. The maximum Gasteiger partial charge on any atom is 0.152 e. The first-order chi connectivity index (χ1) is 16.4. The van der Waals surface area contributed by atoms with Gasteiger partial charge in [0.2, 0.25) is 0 Å². The molecule has 0 aliphatic rings. The second-order valence-corrected chi connectivity index (χ2v) is 8.39. The van der Waals surface area contributed by atoms with Gasteiger partial charge in [-0.15, -0.1) is 0 Å². The molecule has 1 heterocycles. The summed E-state index contributed by atoms with van der Waals surface area (Å²) in [5, 5.41) is -0.165. The van der Waals surface area contributed by atoms with Crippen molar-refractivity contribution in [2.24, 2.45) is 0 Å². The van der Waals surface area contributed by atoms with Crippen molar-refractivity contribution in [3.05, 3.63) is 130 Å². The lowest BCUT2D eigenvalue weighted by Crippen LogP contribution is -2.07. The Kier molecular flexibility index (Phi) is 7.03. The van der Waals surface area contributed by atoms with Gasteiger partial charge >= 0.3 is 0 Å². The van der Waals surface area contributed by atoms with Crippen LogP contribution in [-0.2, 0) is 6.42 Å². The number of fused-ring (bicyclic) bond motifs is 1. The zero-order chi connectivity index (χ0) is 24.2. The number of aromatic nitrogens is 2. The summed E-state index contributed by atoms with van der Waals surface area (Å²) in [6.07, 6.45) is 5.42. The Bertz CT molecular complexity index is 1400. The van der Waals surface area contributed by atoms with Crippen molar-refractivity contribution in [1.29, 1.82) is 0 Å². The van der Waals surface area contributed by atoms with Crippen LogP contribution in [0.15, 0.2) is 91.0 Å². The minimum absolute atomic E-state index is 0.165. The largest absolute Gasteiger partial charge is 0.341 e. The number of aromatic amines is 1. The maximum absolute atomic E-state index is 14.6. The van der Waals surface area contributed by atoms with Crippen molar-refractivity contribution in [2.75, 3.05) is 0 Å². The molecule has 0 saturated carbocycles. The lowest BCUT2D eigenvalue weighted by molar-refractivity contribution is 0.578. The Labute approximate surface area is 201 Å². The van der Waals surface area contributed by atoms with Crippen LogP contribution in [0.2, 0.25) is 5.02 Å². The summed E-state index contributed by atoms with van der Waals surface area (Å²) in [4.78, 5) is 7.90. The van der Waals surface area contributed by atoms with Crippen LogP contribution < -0.4 is 0 Å². The van der Waals surface area contributed by atoms with E-state index in [1.54, 1.807) is 18.2 Å². The molecule has 3 aromatic carbocycles. The minimum Gasteiger partial charge on any atom is -0.341 e. The standard InChI is InChI=1S/C28H22ClF3N2/c1-3-19(26-23(31)13-12-22(29)27(26)32)10-9-17(2)21(15-18-7-5-4-6-8-18)28-33-24-14-11-20(30)16-25(24)34-28/h3-14,16,21H,1,15H2,2H3,(H,33,34)/b17-9+,19-10+. The molecule has 0 aliphatic heterocycles. The molecule has 4 aromatic rings. The monoisotopic (exact) mass is 478 g/mol. The van der Waals surface area contributed by atoms with Crippen molar-refractivity contribution < 1.29 is 13.2 Å². The normalized spacial score (nSPS) is 13.3. The van der Waals surface area contributed by atoms with Crippen LogP contribution in [0.5, 0.6) is 0 Å². The van der Waals surface area contributed by atoms with Crippen LogP contribution in [0.3, 0.4) is 0 Å². The van der Waals surface area contributed by atoms with Crippen LogP contribution in [0.25, 0.3) is 16.6 Å². The van der Waals surface area contributed by atoms with E-state index in [0.29, 0.717) is 23.3 Å². The van der Waals surface area contributed by atoms with Gasteiger partial charge in [-0.25, -0.2) is 18.2 Å². The van der Waals surface area contributed by atoms with Crippen molar-refractivity contribution in [2.45, 2.75) is 19.3 Å². The molecule has 0 saturated heterocycles.